The van der Waals surface area contributed by atoms with Crippen molar-refractivity contribution in [1.82, 2.24) is 21.5 Å². The molecule has 4 atom stereocenters. The number of fused-ring (bicyclic) bond motifs is 2. The molecule has 1 saturated carbocycles. The molecule has 4 unspecified atom stereocenters. The summed E-state index contributed by atoms with van der Waals surface area (Å²) in [5, 5.41) is 8.14. The van der Waals surface area contributed by atoms with Crippen LogP contribution in [0.15, 0.2) is 24.3 Å². The SMILES string of the molecule is Clc1ccc(C2NNC(NCC34CC(CO3)C4)C3CNCCC23)cc1. The molecule has 6 rings (SSSR count). The average molecular weight is 363 g/mol. The molecular formula is C19H27ClN4O. The van der Waals surface area contributed by atoms with E-state index in [0.717, 1.165) is 37.2 Å². The number of hydrogen-bond donors (Lipinski definition) is 4. The van der Waals surface area contributed by atoms with E-state index in [1.165, 1.54) is 24.8 Å². The lowest BCUT2D eigenvalue weighted by molar-refractivity contribution is -0.0121. The van der Waals surface area contributed by atoms with Gasteiger partial charge in [-0.05, 0) is 55.3 Å². The minimum atomic E-state index is 0.122. The summed E-state index contributed by atoms with van der Waals surface area (Å²) in [5.41, 5.74) is 8.56. The molecule has 0 spiro atoms. The van der Waals surface area contributed by atoms with E-state index in [0.29, 0.717) is 17.9 Å². The van der Waals surface area contributed by atoms with Gasteiger partial charge in [0.05, 0.1) is 18.4 Å². The fourth-order valence-electron chi connectivity index (χ4n) is 5.29. The topological polar surface area (TPSA) is 57.3 Å². The summed E-state index contributed by atoms with van der Waals surface area (Å²) in [5.74, 6) is 1.99. The van der Waals surface area contributed by atoms with Crippen molar-refractivity contribution < 1.29 is 4.74 Å². The Labute approximate surface area is 154 Å². The summed E-state index contributed by atoms with van der Waals surface area (Å²) in [6.07, 6.45) is 3.94. The quantitative estimate of drug-likeness (QED) is 0.658. The highest BCUT2D eigenvalue weighted by Gasteiger charge is 2.52. The van der Waals surface area contributed by atoms with E-state index in [-0.39, 0.29) is 11.8 Å². The van der Waals surface area contributed by atoms with Crippen molar-refractivity contribution >= 4 is 11.6 Å². The lowest BCUT2D eigenvalue weighted by Crippen LogP contribution is -2.67. The third-order valence-corrected chi connectivity index (χ3v) is 6.91. The molecule has 4 N–H and O–H groups in total. The van der Waals surface area contributed by atoms with Crippen LogP contribution in [0.5, 0.6) is 0 Å². The number of nitrogens with one attached hydrogen (secondary N) is 4. The van der Waals surface area contributed by atoms with Gasteiger partial charge in [0.25, 0.3) is 0 Å². The normalized spacial score (nSPS) is 42.7. The van der Waals surface area contributed by atoms with Crippen LogP contribution in [0.3, 0.4) is 0 Å². The van der Waals surface area contributed by atoms with Gasteiger partial charge in [-0.15, -0.1) is 0 Å². The maximum atomic E-state index is 6.06. The molecule has 25 heavy (non-hydrogen) atoms. The van der Waals surface area contributed by atoms with Crippen molar-refractivity contribution in [3.05, 3.63) is 34.9 Å². The summed E-state index contributed by atoms with van der Waals surface area (Å²) in [6.45, 7) is 4.06. The summed E-state index contributed by atoms with van der Waals surface area (Å²) >= 11 is 6.06. The Bertz CT molecular complexity index is 613. The molecule has 4 saturated heterocycles. The number of hydrogen-bond acceptors (Lipinski definition) is 5. The fourth-order valence-corrected chi connectivity index (χ4v) is 5.42. The lowest BCUT2D eigenvalue weighted by atomic mass is 9.73. The zero-order valence-electron chi connectivity index (χ0n) is 14.4. The number of hydrazine groups is 1. The highest BCUT2D eigenvalue weighted by Crippen LogP contribution is 2.48. The second-order valence-corrected chi connectivity index (χ2v) is 8.70. The predicted molar refractivity (Wildman–Crippen MR) is 98.1 cm³/mol. The van der Waals surface area contributed by atoms with Crippen molar-refractivity contribution in [2.45, 2.75) is 37.1 Å². The van der Waals surface area contributed by atoms with Crippen molar-refractivity contribution in [1.29, 1.82) is 0 Å². The summed E-state index contributed by atoms with van der Waals surface area (Å²) in [4.78, 5) is 0. The van der Waals surface area contributed by atoms with Crippen molar-refractivity contribution in [2.24, 2.45) is 17.8 Å². The van der Waals surface area contributed by atoms with E-state index in [4.69, 9.17) is 16.3 Å². The third-order valence-electron chi connectivity index (χ3n) is 6.65. The first-order chi connectivity index (χ1) is 12.2. The maximum absolute atomic E-state index is 6.06. The van der Waals surface area contributed by atoms with Crippen LogP contribution in [0.1, 0.15) is 30.9 Å². The van der Waals surface area contributed by atoms with Crippen molar-refractivity contribution in [2.75, 3.05) is 26.2 Å². The third kappa shape index (κ3) is 3.01. The van der Waals surface area contributed by atoms with Gasteiger partial charge in [0.1, 0.15) is 0 Å². The second-order valence-electron chi connectivity index (χ2n) is 8.27. The molecule has 4 heterocycles. The predicted octanol–water partition coefficient (Wildman–Crippen LogP) is 1.81. The van der Waals surface area contributed by atoms with E-state index >= 15 is 0 Å². The van der Waals surface area contributed by atoms with Gasteiger partial charge in [-0.25, -0.2) is 10.9 Å². The molecule has 0 radical (unpaired) electrons. The van der Waals surface area contributed by atoms with E-state index < -0.39 is 0 Å². The fraction of sp³-hybridized carbons (Fsp3) is 0.684. The second kappa shape index (κ2) is 6.48. The summed E-state index contributed by atoms with van der Waals surface area (Å²) in [6, 6.07) is 8.60. The number of ether oxygens (including phenoxy) is 1. The minimum absolute atomic E-state index is 0.122. The first-order valence-corrected chi connectivity index (χ1v) is 9.95. The van der Waals surface area contributed by atoms with Crippen LogP contribution in [-0.2, 0) is 4.74 Å². The maximum Gasteiger partial charge on any atom is 0.0814 e. The molecule has 5 aliphatic rings. The number of halogens is 1. The first-order valence-electron chi connectivity index (χ1n) is 9.57. The van der Waals surface area contributed by atoms with Crippen molar-refractivity contribution in [3.63, 3.8) is 0 Å². The van der Waals surface area contributed by atoms with Gasteiger partial charge in [-0.2, -0.15) is 0 Å². The Hall–Kier alpha value is -0.690. The molecule has 2 bridgehead atoms. The molecular weight excluding hydrogens is 336 g/mol. The van der Waals surface area contributed by atoms with Crippen LogP contribution in [0.2, 0.25) is 5.02 Å². The molecule has 136 valence electrons. The number of piperidine rings is 1. The van der Waals surface area contributed by atoms with E-state index in [2.05, 4.69) is 33.6 Å². The Balaban J connectivity index is 1.28. The van der Waals surface area contributed by atoms with Crippen LogP contribution >= 0.6 is 11.6 Å². The van der Waals surface area contributed by atoms with E-state index in [1.807, 2.05) is 12.1 Å². The largest absolute Gasteiger partial charge is 0.373 e. The zero-order valence-corrected chi connectivity index (χ0v) is 15.2. The van der Waals surface area contributed by atoms with Gasteiger partial charge in [-0.1, -0.05) is 23.7 Å². The molecule has 5 nitrogen and oxygen atoms in total. The van der Waals surface area contributed by atoms with Gasteiger partial charge in [0.15, 0.2) is 0 Å². The monoisotopic (exact) mass is 362 g/mol. The lowest BCUT2D eigenvalue weighted by Gasteiger charge is -2.48. The molecule has 6 heteroatoms. The number of rotatable bonds is 4. The standard InChI is InChI=1S/C19H27ClN4O/c20-14-3-1-13(2-4-14)17-15-5-6-21-9-16(15)18(24-23-17)22-11-19-7-12(8-19)10-25-19/h1-4,12,15-18,21-24H,5-11H2. The molecule has 0 amide bonds. The Kier molecular flexibility index (Phi) is 4.27. The zero-order chi connectivity index (χ0) is 16.9. The average Bonchev–Trinajstić information content (AvgIpc) is 3.21. The van der Waals surface area contributed by atoms with Gasteiger partial charge in [-0.3, -0.25) is 5.32 Å². The van der Waals surface area contributed by atoms with Crippen LogP contribution in [0, 0.1) is 17.8 Å². The summed E-state index contributed by atoms with van der Waals surface area (Å²) in [7, 11) is 0. The molecule has 5 fully saturated rings. The highest BCUT2D eigenvalue weighted by molar-refractivity contribution is 6.30. The van der Waals surface area contributed by atoms with Gasteiger partial charge >= 0.3 is 0 Å². The molecule has 1 aromatic carbocycles. The van der Waals surface area contributed by atoms with Gasteiger partial charge in [0.2, 0.25) is 0 Å². The smallest absolute Gasteiger partial charge is 0.0814 e. The molecule has 4 aliphatic heterocycles. The highest BCUT2D eigenvalue weighted by atomic mass is 35.5. The van der Waals surface area contributed by atoms with Gasteiger partial charge in [0, 0.05) is 30.1 Å². The minimum Gasteiger partial charge on any atom is -0.373 e. The van der Waals surface area contributed by atoms with Crippen LogP contribution < -0.4 is 21.5 Å². The summed E-state index contributed by atoms with van der Waals surface area (Å²) < 4.78 is 6.00. The molecule has 0 aromatic heterocycles. The van der Waals surface area contributed by atoms with Gasteiger partial charge < -0.3 is 10.1 Å². The molecule has 1 aromatic rings. The Morgan fingerprint density at radius 1 is 1.16 bits per heavy atom. The van der Waals surface area contributed by atoms with Crippen LogP contribution in [0.4, 0.5) is 0 Å². The Morgan fingerprint density at radius 2 is 2.00 bits per heavy atom. The van der Waals surface area contributed by atoms with E-state index in [1.54, 1.807) is 0 Å². The van der Waals surface area contributed by atoms with E-state index in [9.17, 15) is 0 Å². The Morgan fingerprint density at radius 3 is 2.76 bits per heavy atom. The van der Waals surface area contributed by atoms with Crippen LogP contribution in [-0.4, -0.2) is 38.0 Å². The first kappa shape index (κ1) is 16.5. The molecule has 1 aliphatic carbocycles. The van der Waals surface area contributed by atoms with Crippen LogP contribution in [0.25, 0.3) is 0 Å². The van der Waals surface area contributed by atoms with Crippen molar-refractivity contribution in [3.8, 4) is 0 Å². The number of benzene rings is 1.